The molecule has 0 fully saturated rings. The van der Waals surface area contributed by atoms with E-state index < -0.39 is 5.82 Å². The quantitative estimate of drug-likeness (QED) is 0.573. The van der Waals surface area contributed by atoms with Crippen LogP contribution in [-0.2, 0) is 6.54 Å². The smallest absolute Gasteiger partial charge is 0.199 e. The van der Waals surface area contributed by atoms with Crippen LogP contribution in [0.15, 0.2) is 45.3 Å². The van der Waals surface area contributed by atoms with Crippen LogP contribution in [0.1, 0.15) is 5.56 Å². The van der Waals surface area contributed by atoms with Crippen LogP contribution in [0.25, 0.3) is 11.0 Å². The fraction of sp³-hybridized carbons (Fsp3) is 0.0667. The number of anilines is 1. The largest absolute Gasteiger partial charge is 0.444 e. The Balaban J connectivity index is 1.92. The average molecular weight is 389 g/mol. The van der Waals surface area contributed by atoms with Gasteiger partial charge in [0.25, 0.3) is 0 Å². The van der Waals surface area contributed by atoms with Crippen LogP contribution in [0.4, 0.5) is 10.1 Å². The van der Waals surface area contributed by atoms with E-state index in [0.717, 1.165) is 16.5 Å². The van der Waals surface area contributed by atoms with Gasteiger partial charge in [0, 0.05) is 22.0 Å². The summed E-state index contributed by atoms with van der Waals surface area (Å²) in [6, 6.07) is 10.2. The summed E-state index contributed by atoms with van der Waals surface area (Å²) in [6.07, 6.45) is 0. The highest BCUT2D eigenvalue weighted by molar-refractivity contribution is 9.10. The van der Waals surface area contributed by atoms with E-state index in [9.17, 15) is 4.39 Å². The van der Waals surface area contributed by atoms with Crippen LogP contribution < -0.4 is 5.32 Å². The lowest BCUT2D eigenvalue weighted by Gasteiger charge is -2.10. The van der Waals surface area contributed by atoms with E-state index in [4.69, 9.17) is 27.6 Å². The number of nitrogens with one attached hydrogen (secondary N) is 1. The number of hydrogen-bond donors (Lipinski definition) is 1. The first-order valence-corrected chi connectivity index (χ1v) is 7.65. The summed E-state index contributed by atoms with van der Waals surface area (Å²) < 4.78 is 19.3. The van der Waals surface area contributed by atoms with Crippen molar-refractivity contribution in [1.82, 2.24) is 0 Å². The van der Waals surface area contributed by atoms with Gasteiger partial charge in [0.2, 0.25) is 0 Å². The first-order valence-electron chi connectivity index (χ1n) is 6.10. The van der Waals surface area contributed by atoms with E-state index in [1.807, 2.05) is 24.3 Å². The first kappa shape index (κ1) is 14.7. The predicted molar refractivity (Wildman–Crippen MR) is 87.7 cm³/mol. The van der Waals surface area contributed by atoms with Crippen LogP contribution in [0.3, 0.4) is 0 Å². The Kier molecular flexibility index (Phi) is 4.11. The fourth-order valence-electron chi connectivity index (χ4n) is 2.12. The molecule has 0 aliphatic heterocycles. The molecule has 3 rings (SSSR count). The molecule has 0 amide bonds. The topological polar surface area (TPSA) is 25.2 Å². The molecule has 0 aliphatic rings. The molecule has 0 spiro atoms. The minimum atomic E-state index is -0.399. The lowest BCUT2D eigenvalue weighted by atomic mass is 10.2. The van der Waals surface area contributed by atoms with Crippen LogP contribution >= 0.6 is 39.1 Å². The molecule has 0 saturated carbocycles. The van der Waals surface area contributed by atoms with Crippen LogP contribution in [0, 0.1) is 5.82 Å². The van der Waals surface area contributed by atoms with Crippen LogP contribution in [-0.4, -0.2) is 0 Å². The maximum absolute atomic E-state index is 13.2. The highest BCUT2D eigenvalue weighted by Crippen LogP contribution is 2.34. The van der Waals surface area contributed by atoms with Gasteiger partial charge in [-0.15, -0.1) is 0 Å². The normalized spacial score (nSPS) is 11.0. The van der Waals surface area contributed by atoms with Crippen molar-refractivity contribution in [2.45, 2.75) is 6.54 Å². The second-order valence-electron chi connectivity index (χ2n) is 4.45. The Morgan fingerprint density at radius 1 is 1.19 bits per heavy atom. The molecule has 0 unspecified atom stereocenters. The molecule has 2 aromatic carbocycles. The summed E-state index contributed by atoms with van der Waals surface area (Å²) in [5.41, 5.74) is 2.17. The van der Waals surface area contributed by atoms with Gasteiger partial charge in [0.15, 0.2) is 5.22 Å². The SMILES string of the molecule is Fc1cc(Cl)c(NCc2c(Cl)oc3ccccc23)c(Br)c1. The Morgan fingerprint density at radius 2 is 1.95 bits per heavy atom. The summed E-state index contributed by atoms with van der Waals surface area (Å²) in [5, 5.41) is 4.72. The molecule has 0 atom stereocenters. The molecule has 21 heavy (non-hydrogen) atoms. The minimum absolute atomic E-state index is 0.297. The third-order valence-corrected chi connectivity index (χ3v) is 4.33. The Labute approximate surface area is 139 Å². The summed E-state index contributed by atoms with van der Waals surface area (Å²) in [7, 11) is 0. The Bertz CT molecular complexity index is 796. The van der Waals surface area contributed by atoms with Gasteiger partial charge in [-0.25, -0.2) is 4.39 Å². The molecule has 0 aliphatic carbocycles. The maximum Gasteiger partial charge on any atom is 0.199 e. The van der Waals surface area contributed by atoms with Gasteiger partial charge in [-0.2, -0.15) is 0 Å². The number of furan rings is 1. The van der Waals surface area contributed by atoms with Crippen molar-refractivity contribution in [2.75, 3.05) is 5.32 Å². The van der Waals surface area contributed by atoms with Gasteiger partial charge in [-0.05, 0) is 45.7 Å². The molecule has 1 heterocycles. The molecule has 0 radical (unpaired) electrons. The molecule has 2 nitrogen and oxygen atoms in total. The molecule has 1 N–H and O–H groups in total. The second-order valence-corrected chi connectivity index (χ2v) is 6.05. The molecular weight excluding hydrogens is 380 g/mol. The van der Waals surface area contributed by atoms with Crippen molar-refractivity contribution in [3.05, 3.63) is 62.5 Å². The minimum Gasteiger partial charge on any atom is -0.444 e. The molecular formula is C15H9BrCl2FNO. The number of fused-ring (bicyclic) bond motifs is 1. The second kappa shape index (κ2) is 5.87. The zero-order valence-electron chi connectivity index (χ0n) is 10.6. The molecule has 0 saturated heterocycles. The molecule has 1 aromatic heterocycles. The van der Waals surface area contributed by atoms with Crippen molar-refractivity contribution in [2.24, 2.45) is 0 Å². The predicted octanol–water partition coefficient (Wildman–Crippen LogP) is 6.25. The summed E-state index contributed by atoms with van der Waals surface area (Å²) in [6.45, 7) is 0.416. The maximum atomic E-state index is 13.2. The van der Waals surface area contributed by atoms with E-state index in [1.54, 1.807) is 0 Å². The van der Waals surface area contributed by atoms with Gasteiger partial charge >= 0.3 is 0 Å². The third-order valence-electron chi connectivity index (χ3n) is 3.10. The van der Waals surface area contributed by atoms with E-state index in [-0.39, 0.29) is 0 Å². The Hall–Kier alpha value is -1.23. The van der Waals surface area contributed by atoms with E-state index in [0.29, 0.717) is 26.9 Å². The number of halogens is 4. The summed E-state index contributed by atoms with van der Waals surface area (Å²) in [4.78, 5) is 0. The van der Waals surface area contributed by atoms with Crippen molar-refractivity contribution in [3.8, 4) is 0 Å². The zero-order chi connectivity index (χ0) is 15.0. The Morgan fingerprint density at radius 3 is 2.71 bits per heavy atom. The molecule has 108 valence electrons. The van der Waals surface area contributed by atoms with E-state index in [1.165, 1.54) is 12.1 Å². The number of benzene rings is 2. The van der Waals surface area contributed by atoms with Crippen molar-refractivity contribution in [1.29, 1.82) is 0 Å². The van der Waals surface area contributed by atoms with Crippen molar-refractivity contribution < 1.29 is 8.81 Å². The van der Waals surface area contributed by atoms with Gasteiger partial charge in [-0.3, -0.25) is 0 Å². The first-order chi connectivity index (χ1) is 10.1. The van der Waals surface area contributed by atoms with Crippen molar-refractivity contribution in [3.63, 3.8) is 0 Å². The average Bonchev–Trinajstić information content (AvgIpc) is 2.73. The van der Waals surface area contributed by atoms with Gasteiger partial charge in [-0.1, -0.05) is 29.8 Å². The highest BCUT2D eigenvalue weighted by Gasteiger charge is 2.14. The van der Waals surface area contributed by atoms with Crippen molar-refractivity contribution >= 4 is 55.8 Å². The zero-order valence-corrected chi connectivity index (χ0v) is 13.7. The lowest BCUT2D eigenvalue weighted by Crippen LogP contribution is -2.01. The lowest BCUT2D eigenvalue weighted by molar-refractivity contribution is 0.613. The monoisotopic (exact) mass is 387 g/mol. The summed E-state index contributed by atoms with van der Waals surface area (Å²) in [5.74, 6) is -0.399. The van der Waals surface area contributed by atoms with Gasteiger partial charge in [0.05, 0.1) is 10.7 Å². The fourth-order valence-corrected chi connectivity index (χ4v) is 3.33. The van der Waals surface area contributed by atoms with E-state index in [2.05, 4.69) is 21.2 Å². The third kappa shape index (κ3) is 2.89. The molecule has 0 bridgehead atoms. The number of hydrogen-bond acceptors (Lipinski definition) is 2. The standard InChI is InChI=1S/C15H9BrCl2FNO/c16-11-5-8(19)6-12(17)14(11)20-7-10-9-3-1-2-4-13(9)21-15(10)18/h1-6,20H,7H2. The highest BCUT2D eigenvalue weighted by atomic mass is 79.9. The summed E-state index contributed by atoms with van der Waals surface area (Å²) >= 11 is 15.5. The number of rotatable bonds is 3. The van der Waals surface area contributed by atoms with Gasteiger partial charge in [0.1, 0.15) is 11.4 Å². The number of para-hydroxylation sites is 1. The van der Waals surface area contributed by atoms with E-state index >= 15 is 0 Å². The van der Waals surface area contributed by atoms with Crippen LogP contribution in [0.2, 0.25) is 10.2 Å². The van der Waals surface area contributed by atoms with Crippen LogP contribution in [0.5, 0.6) is 0 Å². The van der Waals surface area contributed by atoms with Gasteiger partial charge < -0.3 is 9.73 Å². The molecule has 3 aromatic rings. The molecule has 6 heteroatoms.